The van der Waals surface area contributed by atoms with Gasteiger partial charge in [0.2, 0.25) is 11.8 Å². The van der Waals surface area contributed by atoms with Crippen LogP contribution < -0.4 is 16.1 Å². The number of carbonyl (C=O) groups excluding carboxylic acids is 4. The molecule has 0 spiro atoms. The number of esters is 1. The van der Waals surface area contributed by atoms with Crippen LogP contribution >= 0.6 is 11.3 Å². The molecule has 0 saturated carbocycles. The lowest BCUT2D eigenvalue weighted by Crippen LogP contribution is -2.62. The Hall–Kier alpha value is -5.90. The van der Waals surface area contributed by atoms with Crippen LogP contribution in [0.4, 0.5) is 0 Å². The zero-order chi connectivity index (χ0) is 47.7. The first-order valence-corrected chi connectivity index (χ1v) is 24.3. The number of nitrogens with one attached hydrogen (secondary N) is 3. The van der Waals surface area contributed by atoms with Crippen LogP contribution in [0.5, 0.6) is 0 Å². The molecule has 5 heterocycles. The maximum Gasteiger partial charge on any atom is 0.324 e. The Labute approximate surface area is 398 Å². The summed E-state index contributed by atoms with van der Waals surface area (Å²) in [6, 6.07) is 18.0. The van der Waals surface area contributed by atoms with Crippen molar-refractivity contribution < 1.29 is 28.7 Å². The van der Waals surface area contributed by atoms with Gasteiger partial charge in [0.1, 0.15) is 18.1 Å². The average molecular weight is 930 g/mol. The number of hydrogen-bond acceptors (Lipinski definition) is 10. The van der Waals surface area contributed by atoms with E-state index in [9.17, 15) is 19.2 Å². The van der Waals surface area contributed by atoms with Crippen LogP contribution in [-0.2, 0) is 61.1 Å². The minimum absolute atomic E-state index is 0.123. The summed E-state index contributed by atoms with van der Waals surface area (Å²) in [5, 5.41) is 10.6. The van der Waals surface area contributed by atoms with E-state index in [2.05, 4.69) is 94.1 Å². The van der Waals surface area contributed by atoms with Crippen molar-refractivity contribution >= 4 is 52.3 Å². The van der Waals surface area contributed by atoms with Gasteiger partial charge >= 0.3 is 5.97 Å². The predicted molar refractivity (Wildman–Crippen MR) is 263 cm³/mol. The number of likely N-dealkylation sites (N-methyl/N-ethyl adjacent to an activating group) is 1. The van der Waals surface area contributed by atoms with Gasteiger partial charge in [-0.1, -0.05) is 64.1 Å². The minimum Gasteiger partial charge on any atom is -0.550 e. The number of carbonyl (C=O) groups is 4. The van der Waals surface area contributed by atoms with Gasteiger partial charge in [0.15, 0.2) is 0 Å². The van der Waals surface area contributed by atoms with Crippen LogP contribution in [0.3, 0.4) is 0 Å². The van der Waals surface area contributed by atoms with Crippen molar-refractivity contribution in [1.82, 2.24) is 35.5 Å². The second-order valence-corrected chi connectivity index (χ2v) is 19.7. The molecular formula is C52H65N8O6S-. The zero-order valence-corrected chi connectivity index (χ0v) is 40.7. The number of hydrogen-bond donors (Lipinski definition) is 3. The third kappa shape index (κ3) is 11.8. The van der Waals surface area contributed by atoms with E-state index in [1.54, 1.807) is 31.7 Å². The third-order valence-electron chi connectivity index (χ3n) is 12.6. The second-order valence-electron chi connectivity index (χ2n) is 18.7. The Morgan fingerprint density at radius 3 is 2.70 bits per heavy atom. The Balaban J connectivity index is 1.20. The lowest BCUT2D eigenvalue weighted by atomic mass is 9.84. The van der Waals surface area contributed by atoms with Crippen molar-refractivity contribution in [1.29, 1.82) is 0 Å². The van der Waals surface area contributed by atoms with E-state index in [4.69, 9.17) is 9.47 Å². The number of ether oxygens (including phenoxy) is 2. The number of rotatable bonds is 15. The number of benzene rings is 2. The fraction of sp³-hybridized carbons (Fsp3) is 0.462. The molecule has 3 N–H and O–H groups in total. The standard InChI is InChI=1S/C52H65N8O6S/c1-8-59-45-17-16-37-28-40(45)41(48(59)42-30-53-21-18-38(42)31-65-7)29-52(4,5)32-66-51(64)43-15-10-24-60(57-43)50(63)44(27-35-12-9-13-36(37)26-35)56-49(62)47(34(2)3)58(6)46(61)20-23-55-33-54-22-19-39-14-11-25-67-39/h9,11-14,16-18,21,25-26,28,30,34,43-44,47,57H,8,10,15,19-20,22-24,27,29,31-32H2,1-7H3,(H,54,55)(H,56,62)/q-1/t43-,44-,47-/m0/s1. The molecule has 6 bridgehead atoms. The number of amides is 3. The molecular weight excluding hydrogens is 865 g/mol. The highest BCUT2D eigenvalue weighted by Gasteiger charge is 2.37. The molecule has 3 aromatic heterocycles. The lowest BCUT2D eigenvalue weighted by molar-refractivity contribution is -0.155. The Morgan fingerprint density at radius 2 is 1.94 bits per heavy atom. The molecule has 3 amide bonds. The normalized spacial score (nSPS) is 18.2. The van der Waals surface area contributed by atoms with E-state index in [0.29, 0.717) is 52.0 Å². The SMILES string of the molecule is CCn1c(-c2cnccc2COC)c2c3cc(ccc31)-c1cccc(c1)C[C@H](NC(=O)[C@H](C(C)C)N(C)C(=O)CCN[C-]=NCCc1cccs1)C(=O)N1CCC[C@H](N1)C(=O)OCC(C)(C)C2. The largest absolute Gasteiger partial charge is 0.550 e. The van der Waals surface area contributed by atoms with Crippen LogP contribution in [-0.4, -0.2) is 108 Å². The lowest BCUT2D eigenvalue weighted by Gasteiger charge is -2.36. The predicted octanol–water partition coefficient (Wildman–Crippen LogP) is 6.86. The number of cyclic esters (lactones) is 1. The molecule has 2 aliphatic heterocycles. The molecule has 7 rings (SSSR count). The Bertz CT molecular complexity index is 2550. The molecule has 0 aliphatic carbocycles. The molecule has 0 unspecified atom stereocenters. The van der Waals surface area contributed by atoms with E-state index in [1.165, 1.54) is 14.8 Å². The molecule has 2 aromatic carbocycles. The second kappa shape index (κ2) is 22.3. The van der Waals surface area contributed by atoms with E-state index in [0.717, 1.165) is 56.4 Å². The van der Waals surface area contributed by atoms with Gasteiger partial charge in [0.05, 0.1) is 18.9 Å². The summed E-state index contributed by atoms with van der Waals surface area (Å²) in [7, 11) is 3.32. The maximum atomic E-state index is 14.7. The van der Waals surface area contributed by atoms with Gasteiger partial charge < -0.3 is 40.9 Å². The molecule has 356 valence electrons. The molecule has 1 fully saturated rings. The topological polar surface area (TPSA) is 159 Å². The fourth-order valence-electron chi connectivity index (χ4n) is 9.32. The zero-order valence-electron chi connectivity index (χ0n) is 39.9. The smallest absolute Gasteiger partial charge is 0.324 e. The molecule has 2 aliphatic rings. The van der Waals surface area contributed by atoms with Crippen LogP contribution in [0.2, 0.25) is 0 Å². The molecule has 15 heteroatoms. The van der Waals surface area contributed by atoms with Crippen molar-refractivity contribution in [2.75, 3.05) is 40.4 Å². The number of nitrogens with zero attached hydrogens (tertiary/aromatic N) is 5. The van der Waals surface area contributed by atoms with Crippen LogP contribution in [0.25, 0.3) is 33.3 Å². The van der Waals surface area contributed by atoms with Crippen LogP contribution in [0.1, 0.15) is 75.4 Å². The molecule has 14 nitrogen and oxygen atoms in total. The van der Waals surface area contributed by atoms with Gasteiger partial charge in [-0.05, 0) is 103 Å². The highest BCUT2D eigenvalue weighted by Crippen LogP contribution is 2.41. The number of aryl methyl sites for hydroxylation is 1. The van der Waals surface area contributed by atoms with Crippen molar-refractivity contribution in [2.45, 2.75) is 104 Å². The fourth-order valence-corrected chi connectivity index (χ4v) is 10.0. The number of aromatic nitrogens is 2. The first-order valence-electron chi connectivity index (χ1n) is 23.4. The molecule has 0 radical (unpaired) electrons. The number of hydrazine groups is 1. The first kappa shape index (κ1) is 49.0. The van der Waals surface area contributed by atoms with Crippen molar-refractivity contribution in [3.05, 3.63) is 100 Å². The van der Waals surface area contributed by atoms with Crippen molar-refractivity contribution in [3.63, 3.8) is 0 Å². The molecule has 5 aromatic rings. The Kier molecular flexibility index (Phi) is 16.3. The number of aliphatic imine (C=N–C) groups is 1. The quantitative estimate of drug-likeness (QED) is 0.0255. The minimum atomic E-state index is -1.02. The van der Waals surface area contributed by atoms with E-state index >= 15 is 0 Å². The van der Waals surface area contributed by atoms with Gasteiger partial charge in [0, 0.05) is 85.8 Å². The summed E-state index contributed by atoms with van der Waals surface area (Å²) in [4.78, 5) is 68.1. The van der Waals surface area contributed by atoms with Gasteiger partial charge in [-0.15, -0.1) is 11.3 Å². The monoisotopic (exact) mass is 929 g/mol. The molecule has 3 atom stereocenters. The van der Waals surface area contributed by atoms with Crippen LogP contribution in [0.15, 0.2) is 83.4 Å². The average Bonchev–Trinajstić information content (AvgIpc) is 3.95. The van der Waals surface area contributed by atoms with Crippen molar-refractivity contribution in [3.8, 4) is 22.4 Å². The van der Waals surface area contributed by atoms with E-state index < -0.39 is 35.4 Å². The third-order valence-corrected chi connectivity index (χ3v) is 13.6. The Morgan fingerprint density at radius 1 is 1.12 bits per heavy atom. The van der Waals surface area contributed by atoms with E-state index in [-0.39, 0.29) is 37.2 Å². The van der Waals surface area contributed by atoms with E-state index in [1.807, 2.05) is 49.7 Å². The van der Waals surface area contributed by atoms with Gasteiger partial charge in [-0.25, -0.2) is 5.43 Å². The van der Waals surface area contributed by atoms with Crippen molar-refractivity contribution in [2.24, 2.45) is 16.3 Å². The summed E-state index contributed by atoms with van der Waals surface area (Å²) in [6.07, 6.45) is 9.28. The number of pyridine rings is 1. The van der Waals surface area contributed by atoms with Gasteiger partial charge in [-0.2, -0.15) is 0 Å². The number of methoxy groups -OCH3 is 1. The number of thiophene rings is 1. The highest BCUT2D eigenvalue weighted by molar-refractivity contribution is 7.09. The van der Waals surface area contributed by atoms with Crippen LogP contribution in [0, 0.1) is 11.3 Å². The van der Waals surface area contributed by atoms with Gasteiger partial charge in [-0.3, -0.25) is 29.2 Å². The molecule has 1 saturated heterocycles. The summed E-state index contributed by atoms with van der Waals surface area (Å²) in [6.45, 7) is 12.6. The summed E-state index contributed by atoms with van der Waals surface area (Å²) < 4.78 is 14.1. The summed E-state index contributed by atoms with van der Waals surface area (Å²) in [5.41, 5.74) is 10.8. The number of fused-ring (bicyclic) bond motifs is 6. The first-order chi connectivity index (χ1) is 32.3. The maximum absolute atomic E-state index is 14.7. The summed E-state index contributed by atoms with van der Waals surface area (Å²) >= 11 is 1.69. The molecule has 67 heavy (non-hydrogen) atoms. The highest BCUT2D eigenvalue weighted by atomic mass is 32.1. The van der Waals surface area contributed by atoms with Gasteiger partial charge in [0.25, 0.3) is 5.91 Å². The summed E-state index contributed by atoms with van der Waals surface area (Å²) in [5.74, 6) is -1.76.